The highest BCUT2D eigenvalue weighted by Crippen LogP contribution is 2.24. The molecule has 0 aliphatic carbocycles. The van der Waals surface area contributed by atoms with Crippen LogP contribution in [0.25, 0.3) is 11.1 Å². The van der Waals surface area contributed by atoms with Crippen molar-refractivity contribution in [1.29, 1.82) is 0 Å². The number of hydrogen-bond acceptors (Lipinski definition) is 6. The van der Waals surface area contributed by atoms with Crippen molar-refractivity contribution in [1.82, 2.24) is 19.8 Å². The van der Waals surface area contributed by atoms with Gasteiger partial charge in [-0.1, -0.05) is 30.3 Å². The van der Waals surface area contributed by atoms with Crippen LogP contribution in [0.5, 0.6) is 0 Å². The monoisotopic (exact) mass is 412 g/mol. The van der Waals surface area contributed by atoms with Crippen LogP contribution in [-0.4, -0.2) is 31.7 Å². The number of nitrogens with two attached hydrogens (primary N) is 3. The smallest absolute Gasteiger partial charge is 0.173 e. The Morgan fingerprint density at radius 2 is 2.00 bits per heavy atom. The standard InChI is InChI=1S/C20H22F2N8/c1-13(18(22)8-21)30(25)20(28-24)17-7-15(9-26-19(17)23)16-10-27-29(12-16)11-14-5-3-2-4-6-14/h2-10,12-13H,11,24-25H2,1H3,(H2,23,26)/b18-8-,28-20-. The number of hydrazine groups is 1. The van der Waals surface area contributed by atoms with Crippen LogP contribution in [0.3, 0.4) is 0 Å². The molecule has 0 bridgehead atoms. The third-order valence-corrected chi connectivity index (χ3v) is 4.60. The minimum Gasteiger partial charge on any atom is -0.383 e. The van der Waals surface area contributed by atoms with Crippen molar-refractivity contribution in [2.45, 2.75) is 19.5 Å². The maximum atomic E-state index is 13.6. The molecule has 1 unspecified atom stereocenters. The van der Waals surface area contributed by atoms with Gasteiger partial charge in [0.05, 0.1) is 24.3 Å². The van der Waals surface area contributed by atoms with Gasteiger partial charge in [-0.15, -0.1) is 0 Å². The molecule has 2 aromatic heterocycles. The highest BCUT2D eigenvalue weighted by molar-refractivity contribution is 6.03. The Balaban J connectivity index is 1.90. The van der Waals surface area contributed by atoms with Crippen molar-refractivity contribution in [3.05, 3.63) is 78.3 Å². The van der Waals surface area contributed by atoms with Gasteiger partial charge in [0.2, 0.25) is 0 Å². The topological polar surface area (TPSA) is 124 Å². The summed E-state index contributed by atoms with van der Waals surface area (Å²) in [4.78, 5) is 4.16. The molecule has 0 spiro atoms. The SMILES string of the molecule is CC(/C(F)=C/F)N(N)/C(=N\N)c1cc(-c2cnn(Cc3ccccc3)c2)cnc1N. The first-order valence-corrected chi connectivity index (χ1v) is 9.04. The maximum Gasteiger partial charge on any atom is 0.173 e. The number of halogens is 2. The lowest BCUT2D eigenvalue weighted by Gasteiger charge is -2.26. The Hall–Kier alpha value is -3.79. The number of nitrogens with zero attached hydrogens (tertiary/aromatic N) is 5. The van der Waals surface area contributed by atoms with Gasteiger partial charge in [-0.2, -0.15) is 10.2 Å². The highest BCUT2D eigenvalue weighted by Gasteiger charge is 2.23. The molecular weight excluding hydrogens is 390 g/mol. The fourth-order valence-corrected chi connectivity index (χ4v) is 2.86. The van der Waals surface area contributed by atoms with Gasteiger partial charge in [0.1, 0.15) is 12.1 Å². The van der Waals surface area contributed by atoms with Crippen molar-refractivity contribution in [2.24, 2.45) is 16.8 Å². The average molecular weight is 412 g/mol. The van der Waals surface area contributed by atoms with Crippen LogP contribution in [0.1, 0.15) is 18.1 Å². The second-order valence-electron chi connectivity index (χ2n) is 6.60. The second-order valence-corrected chi connectivity index (χ2v) is 6.60. The molecule has 0 saturated carbocycles. The maximum absolute atomic E-state index is 13.6. The largest absolute Gasteiger partial charge is 0.383 e. The number of aromatic nitrogens is 3. The molecular formula is C20H22F2N8. The van der Waals surface area contributed by atoms with Crippen LogP contribution in [0, 0.1) is 0 Å². The molecule has 0 aliphatic heterocycles. The number of amidine groups is 1. The van der Waals surface area contributed by atoms with Crippen LogP contribution < -0.4 is 17.4 Å². The average Bonchev–Trinajstić information content (AvgIpc) is 3.23. The molecule has 10 heteroatoms. The van der Waals surface area contributed by atoms with Gasteiger partial charge >= 0.3 is 0 Å². The first-order valence-electron chi connectivity index (χ1n) is 9.04. The van der Waals surface area contributed by atoms with Gasteiger partial charge in [0.25, 0.3) is 0 Å². The Morgan fingerprint density at radius 1 is 1.27 bits per heavy atom. The number of hydrazone groups is 1. The number of benzene rings is 1. The molecule has 6 N–H and O–H groups in total. The van der Waals surface area contributed by atoms with Gasteiger partial charge in [-0.25, -0.2) is 19.6 Å². The summed E-state index contributed by atoms with van der Waals surface area (Å²) in [6.45, 7) is 1.96. The van der Waals surface area contributed by atoms with Crippen molar-refractivity contribution in [3.63, 3.8) is 0 Å². The van der Waals surface area contributed by atoms with Crippen LogP contribution in [0.2, 0.25) is 0 Å². The molecule has 0 radical (unpaired) electrons. The van der Waals surface area contributed by atoms with E-state index in [1.165, 1.54) is 6.92 Å². The van der Waals surface area contributed by atoms with Crippen molar-refractivity contribution >= 4 is 11.7 Å². The van der Waals surface area contributed by atoms with Crippen molar-refractivity contribution < 1.29 is 8.78 Å². The molecule has 156 valence electrons. The molecule has 2 heterocycles. The highest BCUT2D eigenvalue weighted by atomic mass is 19.2. The molecule has 8 nitrogen and oxygen atoms in total. The number of hydrogen-bond donors (Lipinski definition) is 3. The van der Waals surface area contributed by atoms with E-state index in [1.54, 1.807) is 23.1 Å². The normalized spacial score (nSPS) is 13.3. The summed E-state index contributed by atoms with van der Waals surface area (Å²) in [5.41, 5.74) is 8.82. The number of rotatable bonds is 6. The summed E-state index contributed by atoms with van der Waals surface area (Å²) in [6, 6.07) is 10.4. The molecule has 0 fully saturated rings. The zero-order chi connectivity index (χ0) is 21.7. The molecule has 1 atom stereocenters. The lowest BCUT2D eigenvalue weighted by Crippen LogP contribution is -2.45. The number of pyridine rings is 1. The van der Waals surface area contributed by atoms with Gasteiger partial charge in [0, 0.05) is 23.5 Å². The molecule has 1 aromatic carbocycles. The molecule has 0 aliphatic rings. The molecule has 3 aromatic rings. The zero-order valence-electron chi connectivity index (χ0n) is 16.3. The van der Waals surface area contributed by atoms with Crippen LogP contribution in [-0.2, 0) is 6.54 Å². The fraction of sp³-hybridized carbons (Fsp3) is 0.150. The van der Waals surface area contributed by atoms with E-state index in [9.17, 15) is 8.78 Å². The van der Waals surface area contributed by atoms with Crippen LogP contribution >= 0.6 is 0 Å². The van der Waals surface area contributed by atoms with E-state index < -0.39 is 11.9 Å². The van der Waals surface area contributed by atoms with Gasteiger partial charge in [0.15, 0.2) is 11.7 Å². The van der Waals surface area contributed by atoms with Gasteiger partial charge < -0.3 is 11.6 Å². The van der Waals surface area contributed by atoms with E-state index in [0.29, 0.717) is 12.1 Å². The van der Waals surface area contributed by atoms with E-state index in [2.05, 4.69) is 15.2 Å². The Morgan fingerprint density at radius 3 is 2.67 bits per heavy atom. The van der Waals surface area contributed by atoms with Crippen molar-refractivity contribution in [2.75, 3.05) is 5.73 Å². The summed E-state index contributed by atoms with van der Waals surface area (Å²) in [5, 5.41) is 8.87. The number of anilines is 1. The first kappa shape index (κ1) is 20.9. The quantitative estimate of drug-likeness (QED) is 0.247. The minimum atomic E-state index is -1.14. The Labute approximate surface area is 172 Å². The van der Waals surface area contributed by atoms with Gasteiger partial charge in [-0.05, 0) is 18.6 Å². The summed E-state index contributed by atoms with van der Waals surface area (Å²) in [5.74, 6) is 10.3. The summed E-state index contributed by atoms with van der Waals surface area (Å²) >= 11 is 0. The summed E-state index contributed by atoms with van der Waals surface area (Å²) in [6.07, 6.45) is 4.95. The van der Waals surface area contributed by atoms with E-state index in [1.807, 2.05) is 36.5 Å². The lowest BCUT2D eigenvalue weighted by atomic mass is 10.1. The van der Waals surface area contributed by atoms with Gasteiger partial charge in [-0.3, -0.25) is 9.69 Å². The fourth-order valence-electron chi connectivity index (χ4n) is 2.86. The molecule has 0 amide bonds. The molecule has 0 saturated heterocycles. The predicted molar refractivity (Wildman–Crippen MR) is 112 cm³/mol. The summed E-state index contributed by atoms with van der Waals surface area (Å²) < 4.78 is 28.0. The second kappa shape index (κ2) is 9.14. The molecule has 30 heavy (non-hydrogen) atoms. The number of nitrogen functional groups attached to an aromatic ring is 1. The van der Waals surface area contributed by atoms with E-state index >= 15 is 0 Å². The third-order valence-electron chi connectivity index (χ3n) is 4.60. The van der Waals surface area contributed by atoms with Crippen LogP contribution in [0.15, 0.2) is 72.2 Å². The van der Waals surface area contributed by atoms with Crippen molar-refractivity contribution in [3.8, 4) is 11.1 Å². The van der Waals surface area contributed by atoms with Crippen LogP contribution in [0.4, 0.5) is 14.6 Å². The third kappa shape index (κ3) is 4.44. The van der Waals surface area contributed by atoms with E-state index in [0.717, 1.165) is 16.1 Å². The zero-order valence-corrected chi connectivity index (χ0v) is 16.3. The first-order chi connectivity index (χ1) is 14.4. The van der Waals surface area contributed by atoms with E-state index in [4.69, 9.17) is 17.4 Å². The Kier molecular flexibility index (Phi) is 6.38. The predicted octanol–water partition coefficient (Wildman–Crippen LogP) is 2.54. The minimum absolute atomic E-state index is 0.0389. The molecule has 3 rings (SSSR count). The summed E-state index contributed by atoms with van der Waals surface area (Å²) in [7, 11) is 0. The lowest BCUT2D eigenvalue weighted by molar-refractivity contribution is 0.327. The Bertz CT molecular complexity index is 1060. The van der Waals surface area contributed by atoms with E-state index in [-0.39, 0.29) is 23.5 Å².